The molecule has 0 radical (unpaired) electrons. The largest absolute Gasteiger partial charge is 0.464 e. The Bertz CT molecular complexity index is 366. The third-order valence-corrected chi connectivity index (χ3v) is 2.80. The molecule has 96 valence electrons. The maximum atomic E-state index is 11.7. The number of aromatic nitrogens is 1. The zero-order valence-electron chi connectivity index (χ0n) is 11.3. The van der Waals surface area contributed by atoms with Crippen LogP contribution in [0.3, 0.4) is 0 Å². The van der Waals surface area contributed by atoms with Gasteiger partial charge in [0.25, 0.3) is 0 Å². The fourth-order valence-corrected chi connectivity index (χ4v) is 1.95. The summed E-state index contributed by atoms with van der Waals surface area (Å²) < 4.78 is 6.92. The standard InChI is InChI=1S/C14H23NO2/c1-5-6-7-12-8-9-13(14(16)17-4)15(12)10-11(2)3/h8-9,11H,5-7,10H2,1-4H3. The lowest BCUT2D eigenvalue weighted by Gasteiger charge is -2.14. The number of esters is 1. The zero-order chi connectivity index (χ0) is 12.8. The molecule has 0 aliphatic heterocycles. The summed E-state index contributed by atoms with van der Waals surface area (Å²) in [6.45, 7) is 7.36. The molecule has 0 aliphatic rings. The van der Waals surface area contributed by atoms with Crippen LogP contribution >= 0.6 is 0 Å². The van der Waals surface area contributed by atoms with E-state index in [1.54, 1.807) is 0 Å². The maximum Gasteiger partial charge on any atom is 0.354 e. The number of ether oxygens (including phenoxy) is 1. The summed E-state index contributed by atoms with van der Waals surface area (Å²) in [6, 6.07) is 3.92. The molecule has 3 heteroatoms. The molecule has 1 aromatic rings. The number of hydrogen-bond acceptors (Lipinski definition) is 2. The Morgan fingerprint density at radius 3 is 2.65 bits per heavy atom. The van der Waals surface area contributed by atoms with Gasteiger partial charge in [-0.05, 0) is 30.9 Å². The lowest BCUT2D eigenvalue weighted by Crippen LogP contribution is -2.15. The van der Waals surface area contributed by atoms with Crippen molar-refractivity contribution in [3.05, 3.63) is 23.5 Å². The van der Waals surface area contributed by atoms with Crippen molar-refractivity contribution >= 4 is 5.97 Å². The lowest BCUT2D eigenvalue weighted by atomic mass is 10.2. The minimum Gasteiger partial charge on any atom is -0.464 e. The van der Waals surface area contributed by atoms with Crippen LogP contribution in [0.25, 0.3) is 0 Å². The van der Waals surface area contributed by atoms with Crippen LogP contribution in [0, 0.1) is 5.92 Å². The quantitative estimate of drug-likeness (QED) is 0.711. The Morgan fingerprint density at radius 1 is 1.41 bits per heavy atom. The Morgan fingerprint density at radius 2 is 2.12 bits per heavy atom. The predicted molar refractivity (Wildman–Crippen MR) is 69.2 cm³/mol. The van der Waals surface area contributed by atoms with Gasteiger partial charge in [0.05, 0.1) is 7.11 Å². The van der Waals surface area contributed by atoms with Crippen molar-refractivity contribution in [3.8, 4) is 0 Å². The first-order valence-electron chi connectivity index (χ1n) is 6.36. The van der Waals surface area contributed by atoms with Crippen LogP contribution in [0.2, 0.25) is 0 Å². The second-order valence-electron chi connectivity index (χ2n) is 4.81. The van der Waals surface area contributed by atoms with Crippen molar-refractivity contribution < 1.29 is 9.53 Å². The Kier molecular flexibility index (Phi) is 5.26. The molecule has 0 saturated carbocycles. The predicted octanol–water partition coefficient (Wildman–Crippen LogP) is 3.27. The molecule has 3 nitrogen and oxygen atoms in total. The van der Waals surface area contributed by atoms with Crippen molar-refractivity contribution in [2.24, 2.45) is 5.92 Å². The topological polar surface area (TPSA) is 31.2 Å². The molecule has 0 aromatic carbocycles. The highest BCUT2D eigenvalue weighted by atomic mass is 16.5. The highest BCUT2D eigenvalue weighted by Crippen LogP contribution is 2.15. The highest BCUT2D eigenvalue weighted by molar-refractivity contribution is 5.87. The van der Waals surface area contributed by atoms with Crippen LogP contribution in [0.4, 0.5) is 0 Å². The Hall–Kier alpha value is -1.25. The summed E-state index contributed by atoms with van der Waals surface area (Å²) in [5.74, 6) is 0.277. The Labute approximate surface area is 104 Å². The van der Waals surface area contributed by atoms with Crippen molar-refractivity contribution in [2.45, 2.75) is 46.6 Å². The van der Waals surface area contributed by atoms with Crippen LogP contribution in [0.5, 0.6) is 0 Å². The third kappa shape index (κ3) is 3.62. The average Bonchev–Trinajstić information content (AvgIpc) is 2.67. The van der Waals surface area contributed by atoms with Gasteiger partial charge >= 0.3 is 5.97 Å². The van der Waals surface area contributed by atoms with Gasteiger partial charge in [-0.15, -0.1) is 0 Å². The van der Waals surface area contributed by atoms with Gasteiger partial charge in [-0.2, -0.15) is 0 Å². The van der Waals surface area contributed by atoms with E-state index in [0.717, 1.165) is 19.4 Å². The molecule has 0 aliphatic carbocycles. The summed E-state index contributed by atoms with van der Waals surface area (Å²) in [7, 11) is 1.43. The van der Waals surface area contributed by atoms with Crippen molar-refractivity contribution in [1.82, 2.24) is 4.57 Å². The van der Waals surface area contributed by atoms with E-state index in [0.29, 0.717) is 11.6 Å². The van der Waals surface area contributed by atoms with Crippen LogP contribution in [-0.4, -0.2) is 17.6 Å². The minimum atomic E-state index is -0.242. The number of rotatable bonds is 6. The second kappa shape index (κ2) is 6.48. The second-order valence-corrected chi connectivity index (χ2v) is 4.81. The molecule has 17 heavy (non-hydrogen) atoms. The number of hydrogen-bond donors (Lipinski definition) is 0. The molecule has 0 bridgehead atoms. The highest BCUT2D eigenvalue weighted by Gasteiger charge is 2.15. The summed E-state index contributed by atoms with van der Waals surface area (Å²) >= 11 is 0. The summed E-state index contributed by atoms with van der Waals surface area (Å²) in [6.07, 6.45) is 3.35. The fraction of sp³-hybridized carbons (Fsp3) is 0.643. The number of unbranched alkanes of at least 4 members (excludes halogenated alkanes) is 1. The van der Waals surface area contributed by atoms with E-state index in [2.05, 4.69) is 25.3 Å². The van der Waals surface area contributed by atoms with Crippen LogP contribution in [0.15, 0.2) is 12.1 Å². The van der Waals surface area contributed by atoms with E-state index >= 15 is 0 Å². The number of aryl methyl sites for hydroxylation is 1. The van der Waals surface area contributed by atoms with Gasteiger partial charge in [-0.3, -0.25) is 0 Å². The summed E-state index contributed by atoms with van der Waals surface area (Å²) in [4.78, 5) is 11.7. The first-order valence-corrected chi connectivity index (χ1v) is 6.36. The van der Waals surface area contributed by atoms with Crippen LogP contribution < -0.4 is 0 Å². The molecule has 0 N–H and O–H groups in total. The molecule has 0 unspecified atom stereocenters. The van der Waals surface area contributed by atoms with Gasteiger partial charge in [0.2, 0.25) is 0 Å². The minimum absolute atomic E-state index is 0.242. The average molecular weight is 237 g/mol. The van der Waals surface area contributed by atoms with E-state index in [1.165, 1.54) is 19.2 Å². The first-order chi connectivity index (χ1) is 8.10. The fourth-order valence-electron chi connectivity index (χ4n) is 1.95. The van der Waals surface area contributed by atoms with E-state index in [9.17, 15) is 4.79 Å². The normalized spacial score (nSPS) is 10.9. The van der Waals surface area contributed by atoms with Crippen LogP contribution in [-0.2, 0) is 17.7 Å². The van der Waals surface area contributed by atoms with Crippen molar-refractivity contribution in [2.75, 3.05) is 7.11 Å². The van der Waals surface area contributed by atoms with Gasteiger partial charge in [-0.1, -0.05) is 27.2 Å². The molecular weight excluding hydrogens is 214 g/mol. The lowest BCUT2D eigenvalue weighted by molar-refractivity contribution is 0.0587. The molecule has 1 rings (SSSR count). The molecule has 0 atom stereocenters. The van der Waals surface area contributed by atoms with E-state index in [1.807, 2.05) is 12.1 Å². The molecule has 0 amide bonds. The number of carbonyl (C=O) groups is 1. The van der Waals surface area contributed by atoms with Crippen molar-refractivity contribution in [3.63, 3.8) is 0 Å². The maximum absolute atomic E-state index is 11.7. The zero-order valence-corrected chi connectivity index (χ0v) is 11.3. The summed E-state index contributed by atoms with van der Waals surface area (Å²) in [5, 5.41) is 0. The smallest absolute Gasteiger partial charge is 0.354 e. The molecule has 0 saturated heterocycles. The summed E-state index contributed by atoms with van der Waals surface area (Å²) in [5.41, 5.74) is 1.91. The van der Waals surface area contributed by atoms with Crippen LogP contribution in [0.1, 0.15) is 49.8 Å². The van der Waals surface area contributed by atoms with E-state index in [4.69, 9.17) is 4.74 Å². The van der Waals surface area contributed by atoms with Crippen molar-refractivity contribution in [1.29, 1.82) is 0 Å². The number of carbonyl (C=O) groups excluding carboxylic acids is 1. The molecular formula is C14H23NO2. The number of methoxy groups -OCH3 is 1. The van der Waals surface area contributed by atoms with Gasteiger partial charge in [0.15, 0.2) is 0 Å². The van der Waals surface area contributed by atoms with Gasteiger partial charge in [-0.25, -0.2) is 4.79 Å². The molecule has 0 fully saturated rings. The van der Waals surface area contributed by atoms with E-state index in [-0.39, 0.29) is 5.97 Å². The number of nitrogens with zero attached hydrogens (tertiary/aromatic N) is 1. The molecule has 1 heterocycles. The Balaban J connectivity index is 2.97. The molecule has 1 aromatic heterocycles. The monoisotopic (exact) mass is 237 g/mol. The van der Waals surface area contributed by atoms with E-state index < -0.39 is 0 Å². The van der Waals surface area contributed by atoms with Gasteiger partial charge in [0, 0.05) is 12.2 Å². The van der Waals surface area contributed by atoms with Gasteiger partial charge < -0.3 is 9.30 Å². The first kappa shape index (κ1) is 13.8. The molecule has 0 spiro atoms. The SMILES string of the molecule is CCCCc1ccc(C(=O)OC)n1CC(C)C. The van der Waals surface area contributed by atoms with Gasteiger partial charge in [0.1, 0.15) is 5.69 Å². The third-order valence-electron chi connectivity index (χ3n) is 2.80.